The molecule has 0 fully saturated rings. The van der Waals surface area contributed by atoms with Gasteiger partial charge >= 0.3 is 5.97 Å². The van der Waals surface area contributed by atoms with E-state index in [1.807, 2.05) is 0 Å². The molecule has 42 valence electrons. The van der Waals surface area contributed by atoms with Crippen LogP contribution in [0.25, 0.3) is 0 Å². The molecular formula is C3H7NO3. The van der Waals surface area contributed by atoms with Gasteiger partial charge in [0.05, 0.1) is 10.7 Å². The number of aliphatic carboxylic acids is 1. The predicted octanol–water partition coefficient (Wildman–Crippen LogP) is -1.61. The Hall–Kier alpha value is -0.610. The van der Waals surface area contributed by atoms with Crippen LogP contribution in [-0.2, 0) is 4.79 Å². The van der Waals surface area contributed by atoms with Crippen molar-refractivity contribution < 1.29 is 19.1 Å². The third-order valence-corrected chi connectivity index (χ3v) is 0.351. The molecule has 4 nitrogen and oxygen atoms in total. The van der Waals surface area contributed by atoms with E-state index in [4.69, 9.17) is 14.3 Å². The van der Waals surface area contributed by atoms with Gasteiger partial charge in [-0.05, 0) is 0 Å². The molecule has 0 bridgehead atoms. The van der Waals surface area contributed by atoms with Gasteiger partial charge in [0.15, 0.2) is 0 Å². The summed E-state index contributed by atoms with van der Waals surface area (Å²) in [4.78, 5) is 9.96. The predicted molar refractivity (Wildman–Crippen MR) is 22.7 cm³/mol. The van der Waals surface area contributed by atoms with Crippen LogP contribution in [0.15, 0.2) is 0 Å². The lowest BCUT2D eigenvalue weighted by molar-refractivity contribution is -0.139. The van der Waals surface area contributed by atoms with E-state index in [9.17, 15) is 4.79 Å². The summed E-state index contributed by atoms with van der Waals surface area (Å²) in [5, 5.41) is 16.4. The number of hydrogen-bond donors (Lipinski definition) is 3. The molecule has 0 saturated carbocycles. The fourth-order valence-electron chi connectivity index (χ4n) is 0.0478. The summed E-state index contributed by atoms with van der Waals surface area (Å²) in [5.41, 5.74) is 4.58. The molecule has 7 heavy (non-hydrogen) atoms. The average molecular weight is 109 g/mol. The lowest BCUT2D eigenvalue weighted by Gasteiger charge is -1.96. The Morgan fingerprint density at radius 1 is 2.29 bits per heavy atom. The third kappa shape index (κ3) is 2.13. The highest BCUT2D eigenvalue weighted by Gasteiger charge is 2.06. The van der Waals surface area contributed by atoms with E-state index in [2.05, 4.69) is 5.73 Å². The Morgan fingerprint density at radius 2 is 2.71 bits per heavy atom. The summed E-state index contributed by atoms with van der Waals surface area (Å²) in [6, 6.07) is -3.01. The van der Waals surface area contributed by atoms with Gasteiger partial charge in [-0.15, -0.1) is 0 Å². The topological polar surface area (TPSA) is 83.5 Å². The van der Waals surface area contributed by atoms with Crippen molar-refractivity contribution in [3.05, 3.63) is 0 Å². The van der Waals surface area contributed by atoms with Crippen LogP contribution in [0.1, 0.15) is 4.11 Å². The highest BCUT2D eigenvalue weighted by Crippen LogP contribution is 1.71. The molecule has 0 aromatic heterocycles. The quantitative estimate of drug-likeness (QED) is 0.372. The Morgan fingerprint density at radius 3 is 2.71 bits per heavy atom. The van der Waals surface area contributed by atoms with Crippen molar-refractivity contribution in [2.75, 3.05) is 6.56 Å². The van der Waals surface area contributed by atoms with E-state index in [0.29, 0.717) is 0 Å². The first kappa shape index (κ1) is 2.64. The molecule has 0 aliphatic heterocycles. The van der Waals surface area contributed by atoms with Gasteiger partial charge in [0, 0.05) is 0 Å². The lowest BCUT2D eigenvalue weighted by atomic mass is 10.4. The van der Waals surface area contributed by atoms with Crippen molar-refractivity contribution in [2.45, 2.75) is 6.02 Å². The Bertz CT molecular complexity index is 152. The van der Waals surface area contributed by atoms with E-state index in [1.165, 1.54) is 0 Å². The van der Waals surface area contributed by atoms with Crippen LogP contribution in [0.3, 0.4) is 0 Å². The highest BCUT2D eigenvalue weighted by molar-refractivity contribution is 5.73. The molecule has 0 spiro atoms. The molecule has 0 aromatic carbocycles. The number of carboxylic acid groups (broad SMARTS) is 1. The number of carboxylic acids is 1. The van der Waals surface area contributed by atoms with Crippen LogP contribution in [0.5, 0.6) is 0 Å². The van der Waals surface area contributed by atoms with Crippen molar-refractivity contribution in [1.82, 2.24) is 0 Å². The maximum atomic E-state index is 9.96. The minimum atomic E-state index is -3.24. The second kappa shape index (κ2) is 2.54. The molecule has 0 heterocycles. The third-order valence-electron chi connectivity index (χ3n) is 0.351. The zero-order valence-corrected chi connectivity index (χ0v) is 3.38. The summed E-state index contributed by atoms with van der Waals surface area (Å²) < 4.78 is 19.4. The van der Waals surface area contributed by atoms with Crippen LogP contribution in [0, 0.1) is 0 Å². The number of rotatable bonds is 2. The normalized spacial score (nSPS) is 26.3. The van der Waals surface area contributed by atoms with Crippen LogP contribution >= 0.6 is 0 Å². The molecule has 1 atom stereocenters. The fraction of sp³-hybridized carbons (Fsp3) is 0.667. The van der Waals surface area contributed by atoms with Gasteiger partial charge in [-0.25, -0.2) is 0 Å². The molecule has 0 aliphatic rings. The van der Waals surface area contributed by atoms with Gasteiger partial charge in [-0.1, -0.05) is 0 Å². The lowest BCUT2D eigenvalue weighted by Crippen LogP contribution is -2.33. The molecule has 4 heteroatoms. The Balaban J connectivity index is 4.57. The minimum absolute atomic E-state index is 1.92. The second-order valence-corrected chi connectivity index (χ2v) is 0.831. The SMILES string of the molecule is [2H]C([2H])(O)[C@]([2H])([15NH2])C(=O)O. The van der Waals surface area contributed by atoms with Crippen molar-refractivity contribution in [2.24, 2.45) is 5.73 Å². The van der Waals surface area contributed by atoms with E-state index < -0.39 is 18.5 Å². The maximum absolute atomic E-state index is 9.96. The van der Waals surface area contributed by atoms with Gasteiger partial charge in [-0.3, -0.25) is 4.79 Å². The van der Waals surface area contributed by atoms with Crippen molar-refractivity contribution in [3.8, 4) is 0 Å². The summed E-state index contributed by atoms with van der Waals surface area (Å²) in [5.74, 6) is -1.92. The van der Waals surface area contributed by atoms with Gasteiger partial charge in [0.2, 0.25) is 0 Å². The average Bonchev–Trinajstić information content (AvgIpc) is 1.62. The van der Waals surface area contributed by atoms with Crippen molar-refractivity contribution in [1.29, 1.82) is 0 Å². The zero-order valence-electron chi connectivity index (χ0n) is 6.38. The second-order valence-electron chi connectivity index (χ2n) is 0.831. The first-order chi connectivity index (χ1) is 4.19. The Kier molecular flexibility index (Phi) is 0.958. The zero-order chi connectivity index (χ0) is 8.58. The van der Waals surface area contributed by atoms with E-state index in [-0.39, 0.29) is 0 Å². The largest absolute Gasteiger partial charge is 0.480 e. The van der Waals surface area contributed by atoms with Crippen LogP contribution in [0.4, 0.5) is 0 Å². The Labute approximate surface area is 44.8 Å². The van der Waals surface area contributed by atoms with Gasteiger partial charge in [-0.2, -0.15) is 0 Å². The number of hydrogen-bond acceptors (Lipinski definition) is 3. The van der Waals surface area contributed by atoms with Gasteiger partial charge in [0.1, 0.15) is 6.02 Å². The van der Waals surface area contributed by atoms with Gasteiger partial charge in [0.25, 0.3) is 0 Å². The first-order valence-corrected chi connectivity index (χ1v) is 1.44. The highest BCUT2D eigenvalue weighted by atomic mass is 16.4. The minimum Gasteiger partial charge on any atom is -0.480 e. The maximum Gasteiger partial charge on any atom is 0.322 e. The summed E-state index contributed by atoms with van der Waals surface area (Å²) >= 11 is 0. The van der Waals surface area contributed by atoms with E-state index >= 15 is 0 Å². The first-order valence-electron chi connectivity index (χ1n) is 2.94. The summed E-state index contributed by atoms with van der Waals surface area (Å²) in [7, 11) is 0. The molecule has 0 radical (unpaired) electrons. The van der Waals surface area contributed by atoms with Crippen molar-refractivity contribution >= 4 is 5.97 Å². The summed E-state index contributed by atoms with van der Waals surface area (Å²) in [6.07, 6.45) is 0. The van der Waals surface area contributed by atoms with E-state index in [0.717, 1.165) is 0 Å². The van der Waals surface area contributed by atoms with Crippen molar-refractivity contribution in [3.63, 3.8) is 0 Å². The molecule has 0 rings (SSSR count). The molecule has 0 aliphatic carbocycles. The molecule has 0 amide bonds. The molecule has 0 saturated heterocycles. The van der Waals surface area contributed by atoms with Crippen LogP contribution in [0.2, 0.25) is 0 Å². The number of nitrogens with two attached hydrogens (primary N) is 1. The number of carbonyl (C=O) groups is 1. The molecule has 0 unspecified atom stereocenters. The molecule has 0 aromatic rings. The van der Waals surface area contributed by atoms with Crippen LogP contribution < -0.4 is 5.73 Å². The number of aliphatic hydroxyl groups is 1. The fourth-order valence-corrected chi connectivity index (χ4v) is 0.0478. The smallest absolute Gasteiger partial charge is 0.322 e. The monoisotopic (exact) mass is 109 g/mol. The van der Waals surface area contributed by atoms with Crippen LogP contribution in [-0.4, -0.2) is 28.8 Å². The summed E-state index contributed by atoms with van der Waals surface area (Å²) in [6.45, 7) is -3.24. The van der Waals surface area contributed by atoms with E-state index in [1.54, 1.807) is 0 Å². The standard InChI is InChI=1S/C3H7NO3/c4-2(1-5)3(6)7/h2,5H,1,4H2,(H,6,7)/t2-/m0/s1/i1D2,2D,4+1. The van der Waals surface area contributed by atoms with Gasteiger partial charge < -0.3 is 15.9 Å². The molecular weight excluding hydrogens is 99.0 g/mol. The molecule has 4 N–H and O–H groups in total.